The van der Waals surface area contributed by atoms with Crippen LogP contribution in [0.3, 0.4) is 0 Å². The number of nitrogens with zero attached hydrogens (tertiary/aromatic N) is 2. The zero-order valence-corrected chi connectivity index (χ0v) is 11.8. The molecule has 3 nitrogen and oxygen atoms in total. The van der Waals surface area contributed by atoms with Gasteiger partial charge >= 0.3 is 0 Å². The Balaban J connectivity index is 1.80. The van der Waals surface area contributed by atoms with Gasteiger partial charge in [0.15, 0.2) is 5.16 Å². The Morgan fingerprint density at radius 3 is 2.84 bits per heavy atom. The summed E-state index contributed by atoms with van der Waals surface area (Å²) in [7, 11) is 0. The summed E-state index contributed by atoms with van der Waals surface area (Å²) >= 11 is 1.69. The first-order valence-electron chi connectivity index (χ1n) is 6.22. The van der Waals surface area contributed by atoms with E-state index in [1.807, 2.05) is 36.5 Å². The van der Waals surface area contributed by atoms with E-state index >= 15 is 0 Å². The Hall–Kier alpha value is -1.81. The number of rotatable bonds is 3. The standard InChI is InChI=1S/C15H15N3S/c1-10-7-8-16-14(11(10)2)9-19-15-17-12-5-3-4-6-13(12)18-15/h3-8H,9H2,1-2H3,(H,17,18). The molecule has 3 aromatic rings. The third kappa shape index (κ3) is 2.49. The largest absolute Gasteiger partial charge is 0.333 e. The maximum atomic E-state index is 4.56. The SMILES string of the molecule is Cc1ccnc(CSc2nc3ccccc3[nH]2)c1C. The van der Waals surface area contributed by atoms with Gasteiger partial charge in [0, 0.05) is 11.9 Å². The van der Waals surface area contributed by atoms with Crippen LogP contribution in [-0.2, 0) is 5.75 Å². The van der Waals surface area contributed by atoms with Crippen LogP contribution in [0.2, 0.25) is 0 Å². The Kier molecular flexibility index (Phi) is 3.25. The molecule has 0 saturated carbocycles. The van der Waals surface area contributed by atoms with Crippen molar-refractivity contribution < 1.29 is 0 Å². The molecule has 0 saturated heterocycles. The lowest BCUT2D eigenvalue weighted by Crippen LogP contribution is -1.94. The molecule has 1 aromatic carbocycles. The molecule has 96 valence electrons. The zero-order chi connectivity index (χ0) is 13.2. The molecular weight excluding hydrogens is 254 g/mol. The number of aryl methyl sites for hydroxylation is 1. The van der Waals surface area contributed by atoms with Crippen molar-refractivity contribution in [3.8, 4) is 0 Å². The number of H-pyrrole nitrogens is 1. The number of hydrogen-bond acceptors (Lipinski definition) is 3. The first-order chi connectivity index (χ1) is 9.24. The molecule has 0 aliphatic rings. The quantitative estimate of drug-likeness (QED) is 0.734. The van der Waals surface area contributed by atoms with Crippen LogP contribution < -0.4 is 0 Å². The average molecular weight is 269 g/mol. The molecule has 4 heteroatoms. The topological polar surface area (TPSA) is 41.6 Å². The summed E-state index contributed by atoms with van der Waals surface area (Å²) in [6.45, 7) is 4.24. The predicted octanol–water partition coefficient (Wildman–Crippen LogP) is 3.87. The molecular formula is C15H15N3S. The number of aromatic amines is 1. The van der Waals surface area contributed by atoms with Crippen molar-refractivity contribution in [2.24, 2.45) is 0 Å². The van der Waals surface area contributed by atoms with Crippen LogP contribution in [0, 0.1) is 13.8 Å². The summed E-state index contributed by atoms with van der Waals surface area (Å²) in [6, 6.07) is 10.1. The van der Waals surface area contributed by atoms with Crippen LogP contribution in [0.5, 0.6) is 0 Å². The maximum Gasteiger partial charge on any atom is 0.166 e. The van der Waals surface area contributed by atoms with E-state index in [1.165, 1.54) is 11.1 Å². The fourth-order valence-electron chi connectivity index (χ4n) is 1.97. The molecule has 0 aliphatic heterocycles. The molecule has 0 spiro atoms. The van der Waals surface area contributed by atoms with Crippen molar-refractivity contribution in [2.75, 3.05) is 0 Å². The van der Waals surface area contributed by atoms with Gasteiger partial charge in [0.2, 0.25) is 0 Å². The molecule has 2 heterocycles. The number of imidazole rings is 1. The third-order valence-electron chi connectivity index (χ3n) is 3.29. The first-order valence-corrected chi connectivity index (χ1v) is 7.21. The van der Waals surface area contributed by atoms with Crippen molar-refractivity contribution in [1.82, 2.24) is 15.0 Å². The summed E-state index contributed by atoms with van der Waals surface area (Å²) in [5, 5.41) is 0.948. The van der Waals surface area contributed by atoms with Gasteiger partial charge in [-0.3, -0.25) is 4.98 Å². The number of hydrogen-bond donors (Lipinski definition) is 1. The van der Waals surface area contributed by atoms with Crippen molar-refractivity contribution in [2.45, 2.75) is 24.8 Å². The minimum atomic E-state index is 0.841. The van der Waals surface area contributed by atoms with Crippen LogP contribution in [-0.4, -0.2) is 15.0 Å². The van der Waals surface area contributed by atoms with Gasteiger partial charge < -0.3 is 4.98 Å². The lowest BCUT2D eigenvalue weighted by atomic mass is 10.1. The molecule has 0 bridgehead atoms. The van der Waals surface area contributed by atoms with Crippen LogP contribution >= 0.6 is 11.8 Å². The normalized spacial score (nSPS) is 11.1. The molecule has 3 rings (SSSR count). The maximum absolute atomic E-state index is 4.56. The molecule has 1 N–H and O–H groups in total. The lowest BCUT2D eigenvalue weighted by Gasteiger charge is -2.05. The van der Waals surface area contributed by atoms with E-state index in [9.17, 15) is 0 Å². The summed E-state index contributed by atoms with van der Waals surface area (Å²) in [6.07, 6.45) is 1.87. The lowest BCUT2D eigenvalue weighted by molar-refractivity contribution is 1.06. The minimum Gasteiger partial charge on any atom is -0.333 e. The molecule has 0 fully saturated rings. The highest BCUT2D eigenvalue weighted by Gasteiger charge is 2.06. The van der Waals surface area contributed by atoms with E-state index < -0.39 is 0 Å². The highest BCUT2D eigenvalue weighted by Crippen LogP contribution is 2.24. The second-order valence-electron chi connectivity index (χ2n) is 4.55. The van der Waals surface area contributed by atoms with E-state index in [1.54, 1.807) is 11.8 Å². The number of thioether (sulfide) groups is 1. The van der Waals surface area contributed by atoms with E-state index in [0.29, 0.717) is 0 Å². The molecule has 0 radical (unpaired) electrons. The van der Waals surface area contributed by atoms with Crippen molar-refractivity contribution in [1.29, 1.82) is 0 Å². The van der Waals surface area contributed by atoms with E-state index in [-0.39, 0.29) is 0 Å². The number of fused-ring (bicyclic) bond motifs is 1. The van der Waals surface area contributed by atoms with Gasteiger partial charge in [-0.2, -0.15) is 0 Å². The summed E-state index contributed by atoms with van der Waals surface area (Å²) < 4.78 is 0. The van der Waals surface area contributed by atoms with Gasteiger partial charge in [-0.05, 0) is 43.2 Å². The third-order valence-corrected chi connectivity index (χ3v) is 4.18. The summed E-state index contributed by atoms with van der Waals surface area (Å²) in [4.78, 5) is 12.3. The highest BCUT2D eigenvalue weighted by atomic mass is 32.2. The molecule has 0 atom stereocenters. The first kappa shape index (κ1) is 12.2. The molecule has 0 aliphatic carbocycles. The minimum absolute atomic E-state index is 0.841. The van der Waals surface area contributed by atoms with Crippen LogP contribution in [0.4, 0.5) is 0 Å². The van der Waals surface area contributed by atoms with Crippen molar-refractivity contribution in [3.63, 3.8) is 0 Å². The summed E-state index contributed by atoms with van der Waals surface area (Å²) in [5.74, 6) is 0.841. The van der Waals surface area contributed by atoms with Crippen LogP contribution in [0.25, 0.3) is 11.0 Å². The Labute approximate surface area is 116 Å². The molecule has 0 unspecified atom stereocenters. The van der Waals surface area contributed by atoms with E-state index in [2.05, 4.69) is 28.8 Å². The van der Waals surface area contributed by atoms with E-state index in [4.69, 9.17) is 0 Å². The highest BCUT2D eigenvalue weighted by molar-refractivity contribution is 7.98. The van der Waals surface area contributed by atoms with Crippen LogP contribution in [0.15, 0.2) is 41.7 Å². The summed E-state index contributed by atoms with van der Waals surface area (Å²) in [5.41, 5.74) is 5.78. The average Bonchev–Trinajstić information content (AvgIpc) is 2.83. The number of aromatic nitrogens is 3. The molecule has 2 aromatic heterocycles. The Morgan fingerprint density at radius 2 is 2.00 bits per heavy atom. The Morgan fingerprint density at radius 1 is 1.16 bits per heavy atom. The zero-order valence-electron chi connectivity index (χ0n) is 11.0. The van der Waals surface area contributed by atoms with Crippen LogP contribution in [0.1, 0.15) is 16.8 Å². The second-order valence-corrected chi connectivity index (χ2v) is 5.51. The second kappa shape index (κ2) is 5.05. The molecule has 0 amide bonds. The van der Waals surface area contributed by atoms with E-state index in [0.717, 1.165) is 27.6 Å². The van der Waals surface area contributed by atoms with Gasteiger partial charge in [0.1, 0.15) is 0 Å². The number of pyridine rings is 1. The smallest absolute Gasteiger partial charge is 0.166 e. The number of para-hydroxylation sites is 2. The Bertz CT molecular complexity index is 685. The van der Waals surface area contributed by atoms with Gasteiger partial charge in [0.25, 0.3) is 0 Å². The predicted molar refractivity (Wildman–Crippen MR) is 79.4 cm³/mol. The fraction of sp³-hybridized carbons (Fsp3) is 0.200. The van der Waals surface area contributed by atoms with Crippen molar-refractivity contribution in [3.05, 3.63) is 53.3 Å². The van der Waals surface area contributed by atoms with Gasteiger partial charge in [0.05, 0.1) is 16.7 Å². The fourth-order valence-corrected chi connectivity index (χ4v) is 2.88. The number of nitrogens with one attached hydrogen (secondary N) is 1. The van der Waals surface area contributed by atoms with Crippen molar-refractivity contribution >= 4 is 22.8 Å². The van der Waals surface area contributed by atoms with Gasteiger partial charge in [-0.1, -0.05) is 23.9 Å². The monoisotopic (exact) mass is 269 g/mol. The molecule has 19 heavy (non-hydrogen) atoms. The number of benzene rings is 1. The van der Waals surface area contributed by atoms with Gasteiger partial charge in [-0.15, -0.1) is 0 Å². The van der Waals surface area contributed by atoms with Gasteiger partial charge in [-0.25, -0.2) is 4.98 Å².